The number of carbonyl (C=O) groups is 1. The average molecular weight is 945 g/mol. The smallest absolute Gasteiger partial charge is 0.220 e. The number of amides is 1. The van der Waals surface area contributed by atoms with E-state index in [4.69, 9.17) is 0 Å². The summed E-state index contributed by atoms with van der Waals surface area (Å²) in [5.74, 6) is -0.0542. The van der Waals surface area contributed by atoms with Crippen LogP contribution in [0, 0.1) is 0 Å². The first-order chi connectivity index (χ1) is 33.2. The molecule has 0 aromatic carbocycles. The molecule has 0 spiro atoms. The second kappa shape index (κ2) is 59.4. The van der Waals surface area contributed by atoms with Crippen molar-refractivity contribution in [2.45, 2.75) is 379 Å². The Labute approximate surface area is 422 Å². The maximum atomic E-state index is 12.5. The van der Waals surface area contributed by atoms with E-state index < -0.39 is 12.1 Å². The van der Waals surface area contributed by atoms with Gasteiger partial charge in [0.2, 0.25) is 5.91 Å². The molecule has 3 N–H and O–H groups in total. The molecular weight excluding hydrogens is 819 g/mol. The summed E-state index contributed by atoms with van der Waals surface area (Å²) in [5.41, 5.74) is 0. The lowest BCUT2D eigenvalue weighted by Crippen LogP contribution is -2.45. The van der Waals surface area contributed by atoms with Crippen LogP contribution in [0.1, 0.15) is 367 Å². The van der Waals surface area contributed by atoms with Crippen molar-refractivity contribution in [3.05, 3.63) is 12.2 Å². The predicted octanol–water partition coefficient (Wildman–Crippen LogP) is 20.9. The Balaban J connectivity index is 3.42. The van der Waals surface area contributed by atoms with E-state index in [1.165, 1.54) is 321 Å². The van der Waals surface area contributed by atoms with Crippen LogP contribution >= 0.6 is 0 Å². The number of nitrogens with one attached hydrogen (secondary N) is 1. The van der Waals surface area contributed by atoms with Crippen molar-refractivity contribution in [1.82, 2.24) is 5.32 Å². The van der Waals surface area contributed by atoms with E-state index in [9.17, 15) is 15.0 Å². The monoisotopic (exact) mass is 944 g/mol. The van der Waals surface area contributed by atoms with Crippen LogP contribution in [0.15, 0.2) is 12.2 Å². The van der Waals surface area contributed by atoms with Crippen LogP contribution in [-0.4, -0.2) is 34.9 Å². The van der Waals surface area contributed by atoms with Gasteiger partial charge in [0.05, 0.1) is 18.8 Å². The minimum absolute atomic E-state index is 0.0542. The van der Waals surface area contributed by atoms with Crippen molar-refractivity contribution >= 4 is 5.91 Å². The van der Waals surface area contributed by atoms with Gasteiger partial charge in [-0.3, -0.25) is 4.79 Å². The molecule has 0 saturated carbocycles. The lowest BCUT2D eigenvalue weighted by molar-refractivity contribution is -0.123. The van der Waals surface area contributed by atoms with Crippen molar-refractivity contribution < 1.29 is 15.0 Å². The highest BCUT2D eigenvalue weighted by Crippen LogP contribution is 2.19. The Morgan fingerprint density at radius 2 is 0.552 bits per heavy atom. The second-order valence-corrected chi connectivity index (χ2v) is 21.8. The molecule has 67 heavy (non-hydrogen) atoms. The normalized spacial score (nSPS) is 12.7. The maximum Gasteiger partial charge on any atom is 0.220 e. The fourth-order valence-corrected chi connectivity index (χ4v) is 10.2. The molecule has 0 fully saturated rings. The molecule has 0 bridgehead atoms. The van der Waals surface area contributed by atoms with Crippen LogP contribution in [0.3, 0.4) is 0 Å². The molecule has 2 unspecified atom stereocenters. The molecule has 1 amide bonds. The molecule has 0 aromatic heterocycles. The predicted molar refractivity (Wildman–Crippen MR) is 299 cm³/mol. The number of hydrogen-bond donors (Lipinski definition) is 3. The third-order valence-electron chi connectivity index (χ3n) is 15.0. The molecule has 0 aliphatic carbocycles. The molecule has 2 atom stereocenters. The van der Waals surface area contributed by atoms with Gasteiger partial charge in [-0.1, -0.05) is 353 Å². The first-order valence-electron chi connectivity index (χ1n) is 31.4. The van der Waals surface area contributed by atoms with E-state index in [-0.39, 0.29) is 12.5 Å². The van der Waals surface area contributed by atoms with E-state index in [1.807, 2.05) is 6.08 Å². The van der Waals surface area contributed by atoms with E-state index in [0.717, 1.165) is 25.7 Å². The Kier molecular flexibility index (Phi) is 58.7. The van der Waals surface area contributed by atoms with Crippen molar-refractivity contribution in [2.24, 2.45) is 0 Å². The molecule has 0 aliphatic rings. The highest BCUT2D eigenvalue weighted by Gasteiger charge is 2.18. The average Bonchev–Trinajstić information content (AvgIpc) is 3.33. The number of allylic oxidation sites excluding steroid dienone is 1. The Morgan fingerprint density at radius 3 is 0.776 bits per heavy atom. The lowest BCUT2D eigenvalue weighted by Gasteiger charge is -2.20. The van der Waals surface area contributed by atoms with Crippen molar-refractivity contribution in [2.75, 3.05) is 6.61 Å². The molecule has 0 aromatic rings. The summed E-state index contributed by atoms with van der Waals surface area (Å²) in [6, 6.07) is -0.619. The van der Waals surface area contributed by atoms with Gasteiger partial charge in [-0.2, -0.15) is 0 Å². The Morgan fingerprint density at radius 1 is 0.343 bits per heavy atom. The van der Waals surface area contributed by atoms with Gasteiger partial charge < -0.3 is 15.5 Å². The van der Waals surface area contributed by atoms with Crippen molar-refractivity contribution in [3.63, 3.8) is 0 Å². The maximum absolute atomic E-state index is 12.5. The van der Waals surface area contributed by atoms with Crippen LogP contribution in [0.4, 0.5) is 0 Å². The molecule has 400 valence electrons. The zero-order valence-corrected chi connectivity index (χ0v) is 46.2. The molecule has 0 aliphatic heterocycles. The van der Waals surface area contributed by atoms with Crippen LogP contribution in [0.2, 0.25) is 0 Å². The van der Waals surface area contributed by atoms with Crippen molar-refractivity contribution in [3.8, 4) is 0 Å². The van der Waals surface area contributed by atoms with Crippen LogP contribution in [-0.2, 0) is 4.79 Å². The molecule has 0 heterocycles. The third kappa shape index (κ3) is 55.9. The number of hydrogen-bond acceptors (Lipinski definition) is 3. The minimum atomic E-state index is -0.836. The van der Waals surface area contributed by atoms with E-state index in [1.54, 1.807) is 6.08 Å². The van der Waals surface area contributed by atoms with Crippen LogP contribution in [0.5, 0.6) is 0 Å². The first kappa shape index (κ1) is 66.1. The highest BCUT2D eigenvalue weighted by molar-refractivity contribution is 5.76. The third-order valence-corrected chi connectivity index (χ3v) is 15.0. The second-order valence-electron chi connectivity index (χ2n) is 21.8. The SMILES string of the molecule is CCCCCCCCCCCCCCCCCCCCCCCCCCCC/C=C/C(O)C(CO)NC(=O)CCCCCCCCCCCCCCCCCCCCCCCCCCCCC. The molecule has 0 saturated heterocycles. The number of aliphatic hydroxyl groups is 2. The van der Waals surface area contributed by atoms with E-state index in [2.05, 4.69) is 19.2 Å². The molecular formula is C63H125NO3. The van der Waals surface area contributed by atoms with Gasteiger partial charge in [-0.15, -0.1) is 0 Å². The topological polar surface area (TPSA) is 69.6 Å². The van der Waals surface area contributed by atoms with Gasteiger partial charge in [-0.25, -0.2) is 0 Å². The van der Waals surface area contributed by atoms with Gasteiger partial charge in [0.25, 0.3) is 0 Å². The van der Waals surface area contributed by atoms with Gasteiger partial charge in [0.1, 0.15) is 0 Å². The number of rotatable bonds is 59. The van der Waals surface area contributed by atoms with Crippen LogP contribution in [0.25, 0.3) is 0 Å². The molecule has 4 nitrogen and oxygen atoms in total. The first-order valence-corrected chi connectivity index (χ1v) is 31.4. The largest absolute Gasteiger partial charge is 0.394 e. The lowest BCUT2D eigenvalue weighted by atomic mass is 10.0. The van der Waals surface area contributed by atoms with Gasteiger partial charge in [0.15, 0.2) is 0 Å². The molecule has 4 heteroatoms. The summed E-state index contributed by atoms with van der Waals surface area (Å²) in [7, 11) is 0. The van der Waals surface area contributed by atoms with E-state index in [0.29, 0.717) is 6.42 Å². The van der Waals surface area contributed by atoms with Crippen LogP contribution < -0.4 is 5.32 Å². The summed E-state index contributed by atoms with van der Waals surface area (Å²) < 4.78 is 0. The van der Waals surface area contributed by atoms with E-state index >= 15 is 0 Å². The highest BCUT2D eigenvalue weighted by atomic mass is 16.3. The number of aliphatic hydroxyl groups excluding tert-OH is 2. The summed E-state index contributed by atoms with van der Waals surface area (Å²) in [4.78, 5) is 12.5. The number of carbonyl (C=O) groups excluding carboxylic acids is 1. The fourth-order valence-electron chi connectivity index (χ4n) is 10.2. The summed E-state index contributed by atoms with van der Waals surface area (Å²) in [5, 5.41) is 23.3. The summed E-state index contributed by atoms with van der Waals surface area (Å²) >= 11 is 0. The fraction of sp³-hybridized carbons (Fsp3) is 0.952. The quantitative estimate of drug-likeness (QED) is 0.0420. The molecule has 0 rings (SSSR count). The van der Waals surface area contributed by atoms with Gasteiger partial charge in [0, 0.05) is 6.42 Å². The standard InChI is InChI=1S/C63H125NO3/c1-3-5-7-9-11-13-15-17-19-21-23-25-27-29-31-33-34-36-38-40-42-44-46-48-50-52-54-56-58-62(66)61(60-65)64-63(67)59-57-55-53-51-49-47-45-43-41-39-37-35-32-30-28-26-24-22-20-18-16-14-12-10-8-6-4-2/h56,58,61-62,65-66H,3-55,57,59-60H2,1-2H3,(H,64,67)/b58-56+. The summed E-state index contributed by atoms with van der Waals surface area (Å²) in [6.45, 7) is 4.36. The van der Waals surface area contributed by atoms with Crippen molar-refractivity contribution in [1.29, 1.82) is 0 Å². The Bertz CT molecular complexity index is 936. The van der Waals surface area contributed by atoms with Gasteiger partial charge >= 0.3 is 0 Å². The Hall–Kier alpha value is -0.870. The molecule has 0 radical (unpaired) electrons. The summed E-state index contributed by atoms with van der Waals surface area (Å²) in [6.07, 6.45) is 78.4. The van der Waals surface area contributed by atoms with Gasteiger partial charge in [-0.05, 0) is 19.3 Å². The number of unbranched alkanes of at least 4 members (excludes halogenated alkanes) is 52. The zero-order valence-electron chi connectivity index (χ0n) is 46.2. The zero-order chi connectivity index (χ0) is 48.5. The minimum Gasteiger partial charge on any atom is -0.394 e.